The third kappa shape index (κ3) is 3.33. The Kier molecular flexibility index (Phi) is 4.94. The van der Waals surface area contributed by atoms with Crippen molar-refractivity contribution in [1.29, 1.82) is 0 Å². The lowest BCUT2D eigenvalue weighted by Gasteiger charge is -2.18. The molecule has 0 unspecified atom stereocenters. The maximum absolute atomic E-state index is 11.8. The molecule has 1 amide bonds. The van der Waals surface area contributed by atoms with Crippen molar-refractivity contribution in [3.05, 3.63) is 41.5 Å². The SMILES string of the molecule is CCc1nnc(CN[C@H](C)c2ccc(N3CCCC3=O)cc2)n1C. The maximum Gasteiger partial charge on any atom is 0.227 e. The summed E-state index contributed by atoms with van der Waals surface area (Å²) in [6, 6.07) is 8.46. The van der Waals surface area contributed by atoms with Crippen molar-refractivity contribution in [3.63, 3.8) is 0 Å². The van der Waals surface area contributed by atoms with E-state index >= 15 is 0 Å². The fourth-order valence-corrected chi connectivity index (χ4v) is 3.09. The van der Waals surface area contributed by atoms with E-state index in [1.54, 1.807) is 0 Å². The Bertz CT molecular complexity index is 707. The lowest BCUT2D eigenvalue weighted by molar-refractivity contribution is -0.117. The van der Waals surface area contributed by atoms with E-state index in [2.05, 4.69) is 41.5 Å². The molecule has 128 valence electrons. The van der Waals surface area contributed by atoms with Crippen LogP contribution in [0.25, 0.3) is 0 Å². The number of hydrogen-bond donors (Lipinski definition) is 1. The summed E-state index contributed by atoms with van der Waals surface area (Å²) in [5.74, 6) is 2.17. The van der Waals surface area contributed by atoms with Crippen molar-refractivity contribution in [2.45, 2.75) is 45.7 Å². The highest BCUT2D eigenvalue weighted by atomic mass is 16.2. The number of carbonyl (C=O) groups is 1. The smallest absolute Gasteiger partial charge is 0.227 e. The van der Waals surface area contributed by atoms with Gasteiger partial charge in [0.2, 0.25) is 5.91 Å². The number of carbonyl (C=O) groups excluding carboxylic acids is 1. The van der Waals surface area contributed by atoms with E-state index in [1.165, 1.54) is 5.56 Å². The summed E-state index contributed by atoms with van der Waals surface area (Å²) in [4.78, 5) is 13.7. The molecule has 1 aromatic heterocycles. The number of anilines is 1. The van der Waals surface area contributed by atoms with E-state index in [0.29, 0.717) is 13.0 Å². The molecule has 0 aliphatic carbocycles. The van der Waals surface area contributed by atoms with Gasteiger partial charge in [-0.25, -0.2) is 0 Å². The molecular weight excluding hydrogens is 302 g/mol. The Morgan fingerprint density at radius 3 is 2.50 bits per heavy atom. The molecule has 6 heteroatoms. The monoisotopic (exact) mass is 327 g/mol. The van der Waals surface area contributed by atoms with Crippen LogP contribution in [-0.4, -0.2) is 27.2 Å². The van der Waals surface area contributed by atoms with Crippen molar-refractivity contribution in [3.8, 4) is 0 Å². The Labute approximate surface area is 142 Å². The average Bonchev–Trinajstić information content (AvgIpc) is 3.18. The second-order valence-electron chi connectivity index (χ2n) is 6.29. The first-order valence-corrected chi connectivity index (χ1v) is 8.61. The van der Waals surface area contributed by atoms with Crippen molar-refractivity contribution in [2.24, 2.45) is 7.05 Å². The topological polar surface area (TPSA) is 63.1 Å². The van der Waals surface area contributed by atoms with Gasteiger partial charge < -0.3 is 14.8 Å². The van der Waals surface area contributed by atoms with Crippen LogP contribution < -0.4 is 10.2 Å². The Morgan fingerprint density at radius 1 is 1.21 bits per heavy atom. The van der Waals surface area contributed by atoms with E-state index < -0.39 is 0 Å². The summed E-state index contributed by atoms with van der Waals surface area (Å²) >= 11 is 0. The second kappa shape index (κ2) is 7.13. The minimum Gasteiger partial charge on any atom is -0.317 e. The molecule has 0 bridgehead atoms. The number of nitrogens with zero attached hydrogens (tertiary/aromatic N) is 4. The molecule has 1 N–H and O–H groups in total. The highest BCUT2D eigenvalue weighted by Crippen LogP contribution is 2.23. The second-order valence-corrected chi connectivity index (χ2v) is 6.29. The van der Waals surface area contributed by atoms with Gasteiger partial charge in [0.1, 0.15) is 11.6 Å². The summed E-state index contributed by atoms with van der Waals surface area (Å²) in [6.45, 7) is 5.72. The van der Waals surface area contributed by atoms with Crippen molar-refractivity contribution in [1.82, 2.24) is 20.1 Å². The van der Waals surface area contributed by atoms with Gasteiger partial charge in [-0.1, -0.05) is 19.1 Å². The van der Waals surface area contributed by atoms with Gasteiger partial charge in [0.05, 0.1) is 6.54 Å². The molecule has 0 saturated carbocycles. The number of amides is 1. The quantitative estimate of drug-likeness (QED) is 0.885. The molecule has 2 heterocycles. The summed E-state index contributed by atoms with van der Waals surface area (Å²) in [5, 5.41) is 11.9. The molecule has 0 spiro atoms. The van der Waals surface area contributed by atoms with Gasteiger partial charge in [0, 0.05) is 38.2 Å². The number of aryl methyl sites for hydroxylation is 1. The van der Waals surface area contributed by atoms with Gasteiger partial charge in [-0.15, -0.1) is 10.2 Å². The maximum atomic E-state index is 11.8. The molecule has 1 fully saturated rings. The predicted octanol–water partition coefficient (Wildman–Crippen LogP) is 2.36. The van der Waals surface area contributed by atoms with Gasteiger partial charge in [0.15, 0.2) is 0 Å². The average molecular weight is 327 g/mol. The predicted molar refractivity (Wildman–Crippen MR) is 93.7 cm³/mol. The summed E-state index contributed by atoms with van der Waals surface area (Å²) in [5.41, 5.74) is 2.19. The molecule has 1 aromatic carbocycles. The summed E-state index contributed by atoms with van der Waals surface area (Å²) in [6.07, 6.45) is 2.50. The fraction of sp³-hybridized carbons (Fsp3) is 0.500. The Balaban J connectivity index is 1.61. The molecule has 2 aromatic rings. The highest BCUT2D eigenvalue weighted by Gasteiger charge is 2.21. The normalized spacial score (nSPS) is 16.0. The lowest BCUT2D eigenvalue weighted by atomic mass is 10.1. The zero-order valence-corrected chi connectivity index (χ0v) is 14.6. The van der Waals surface area contributed by atoms with Crippen molar-refractivity contribution in [2.75, 3.05) is 11.4 Å². The first-order chi connectivity index (χ1) is 11.6. The number of benzene rings is 1. The van der Waals surface area contributed by atoms with Crippen LogP contribution in [0.5, 0.6) is 0 Å². The first kappa shape index (κ1) is 16.6. The third-order valence-electron chi connectivity index (χ3n) is 4.72. The van der Waals surface area contributed by atoms with Crippen LogP contribution in [0.1, 0.15) is 49.9 Å². The molecule has 6 nitrogen and oxygen atoms in total. The van der Waals surface area contributed by atoms with Crippen LogP contribution in [0.15, 0.2) is 24.3 Å². The highest BCUT2D eigenvalue weighted by molar-refractivity contribution is 5.95. The van der Waals surface area contributed by atoms with E-state index in [0.717, 1.165) is 36.7 Å². The van der Waals surface area contributed by atoms with Crippen LogP contribution in [0.2, 0.25) is 0 Å². The zero-order valence-electron chi connectivity index (χ0n) is 14.6. The Morgan fingerprint density at radius 2 is 1.92 bits per heavy atom. The Hall–Kier alpha value is -2.21. The number of rotatable bonds is 6. The molecule has 1 saturated heterocycles. The van der Waals surface area contributed by atoms with Crippen LogP contribution >= 0.6 is 0 Å². The van der Waals surface area contributed by atoms with Crippen LogP contribution in [0.3, 0.4) is 0 Å². The van der Waals surface area contributed by atoms with Crippen molar-refractivity contribution < 1.29 is 4.79 Å². The molecule has 24 heavy (non-hydrogen) atoms. The third-order valence-corrected chi connectivity index (χ3v) is 4.72. The van der Waals surface area contributed by atoms with E-state index in [9.17, 15) is 4.79 Å². The van der Waals surface area contributed by atoms with Gasteiger partial charge in [-0.3, -0.25) is 4.79 Å². The van der Waals surface area contributed by atoms with E-state index in [4.69, 9.17) is 0 Å². The molecule has 3 rings (SSSR count). The minimum absolute atomic E-state index is 0.204. The standard InChI is InChI=1S/C18H25N5O/c1-4-16-20-21-17(22(16)3)12-19-13(2)14-7-9-15(10-8-14)23-11-5-6-18(23)24/h7-10,13,19H,4-6,11-12H2,1-3H3/t13-/m1/s1. The van der Waals surface area contributed by atoms with Gasteiger partial charge in [-0.2, -0.15) is 0 Å². The van der Waals surface area contributed by atoms with Crippen LogP contribution in [0, 0.1) is 0 Å². The number of nitrogens with one attached hydrogen (secondary N) is 1. The van der Waals surface area contributed by atoms with Crippen LogP contribution in [0.4, 0.5) is 5.69 Å². The van der Waals surface area contributed by atoms with Gasteiger partial charge in [0.25, 0.3) is 0 Å². The number of hydrogen-bond acceptors (Lipinski definition) is 4. The van der Waals surface area contributed by atoms with Crippen LogP contribution in [-0.2, 0) is 24.8 Å². The fourth-order valence-electron chi connectivity index (χ4n) is 3.09. The molecule has 1 aliphatic heterocycles. The molecule has 1 aliphatic rings. The minimum atomic E-state index is 0.204. The first-order valence-electron chi connectivity index (χ1n) is 8.61. The summed E-state index contributed by atoms with van der Waals surface area (Å²) in [7, 11) is 2.00. The van der Waals surface area contributed by atoms with Gasteiger partial charge >= 0.3 is 0 Å². The summed E-state index contributed by atoms with van der Waals surface area (Å²) < 4.78 is 2.04. The van der Waals surface area contributed by atoms with E-state index in [1.807, 2.05) is 28.6 Å². The number of aromatic nitrogens is 3. The zero-order chi connectivity index (χ0) is 17.1. The van der Waals surface area contributed by atoms with E-state index in [-0.39, 0.29) is 11.9 Å². The largest absolute Gasteiger partial charge is 0.317 e. The molecular formula is C18H25N5O. The molecule has 1 atom stereocenters. The molecule has 0 radical (unpaired) electrons. The van der Waals surface area contributed by atoms with Gasteiger partial charge in [-0.05, 0) is 31.0 Å². The van der Waals surface area contributed by atoms with Crippen molar-refractivity contribution >= 4 is 11.6 Å². The lowest BCUT2D eigenvalue weighted by Crippen LogP contribution is -2.24.